The Kier molecular flexibility index (Phi) is 2.61. The standard InChI is InChI=1S/C31H25N2/c1-18-13-29(32(4)17-20(18)3)26-14-22-16-30-27(15-21(22)12-19(26)2)25-10-7-9-24-23-8-5-6-11-28(23)33(30)31(24)25/h5-17H,1-4H3/q+1/i1D3,3D3. The average Bonchev–Trinajstić information content (AvgIpc) is 3.37. The quantitative estimate of drug-likeness (QED) is 0.239. The molecule has 4 aromatic carbocycles. The van der Waals surface area contributed by atoms with E-state index in [-0.39, 0.29) is 11.1 Å². The summed E-state index contributed by atoms with van der Waals surface area (Å²) < 4.78 is 51.9. The predicted octanol–water partition coefficient (Wildman–Crippen LogP) is 7.41. The van der Waals surface area contributed by atoms with Crippen LogP contribution in [0.3, 0.4) is 0 Å². The topological polar surface area (TPSA) is 8.29 Å². The van der Waals surface area contributed by atoms with Crippen molar-refractivity contribution >= 4 is 48.9 Å². The Hall–Kier alpha value is -3.91. The van der Waals surface area contributed by atoms with E-state index >= 15 is 0 Å². The highest BCUT2D eigenvalue weighted by atomic mass is 14.9. The van der Waals surface area contributed by atoms with Crippen LogP contribution in [0.4, 0.5) is 0 Å². The van der Waals surface area contributed by atoms with Gasteiger partial charge < -0.3 is 4.40 Å². The second-order valence-electron chi connectivity index (χ2n) is 9.03. The van der Waals surface area contributed by atoms with E-state index in [0.29, 0.717) is 5.69 Å². The normalized spacial score (nSPS) is 15.7. The molecule has 3 heterocycles. The number of nitrogens with zero attached hydrogens (tertiary/aromatic N) is 2. The summed E-state index contributed by atoms with van der Waals surface area (Å²) in [5.41, 5.74) is 5.73. The molecule has 0 aliphatic rings. The Labute approximate surface area is 201 Å². The fraction of sp³-hybridized carbons (Fsp3) is 0.129. The molecule has 0 fully saturated rings. The summed E-state index contributed by atoms with van der Waals surface area (Å²) in [6.07, 6.45) is 1.44. The molecule has 2 nitrogen and oxygen atoms in total. The Bertz CT molecular complexity index is 2120. The monoisotopic (exact) mass is 431 g/mol. The van der Waals surface area contributed by atoms with Gasteiger partial charge in [-0.05, 0) is 66.8 Å². The van der Waals surface area contributed by atoms with Crippen LogP contribution in [0.5, 0.6) is 0 Å². The number of hydrogen-bond donors (Lipinski definition) is 0. The molecule has 0 saturated carbocycles. The van der Waals surface area contributed by atoms with Crippen LogP contribution in [0.2, 0.25) is 0 Å². The Morgan fingerprint density at radius 2 is 1.45 bits per heavy atom. The highest BCUT2D eigenvalue weighted by molar-refractivity contribution is 6.24. The lowest BCUT2D eigenvalue weighted by Gasteiger charge is -2.10. The van der Waals surface area contributed by atoms with Gasteiger partial charge in [-0.1, -0.05) is 42.5 Å². The molecule has 33 heavy (non-hydrogen) atoms. The molecule has 0 atom stereocenters. The maximum atomic E-state index is 8.03. The van der Waals surface area contributed by atoms with Gasteiger partial charge in [0.2, 0.25) is 5.69 Å². The fourth-order valence-electron chi connectivity index (χ4n) is 5.53. The molecular formula is C31H25N2+. The number of para-hydroxylation sites is 2. The van der Waals surface area contributed by atoms with E-state index < -0.39 is 13.7 Å². The molecule has 0 saturated heterocycles. The summed E-state index contributed by atoms with van der Waals surface area (Å²) in [5.74, 6) is 0. The lowest BCUT2D eigenvalue weighted by molar-refractivity contribution is -0.660. The van der Waals surface area contributed by atoms with Crippen LogP contribution in [-0.2, 0) is 7.05 Å². The first-order valence-corrected chi connectivity index (χ1v) is 11.1. The summed E-state index contributed by atoms with van der Waals surface area (Å²) >= 11 is 0. The Morgan fingerprint density at radius 1 is 0.697 bits per heavy atom. The van der Waals surface area contributed by atoms with Crippen molar-refractivity contribution in [2.24, 2.45) is 7.05 Å². The maximum Gasteiger partial charge on any atom is 0.212 e. The SMILES string of the molecule is [2H]C([2H])([2H])c1cc(-c2cc3cc4c(cc3cc2C)c2cccc3c5ccccc5n4c32)[n+](C)cc1C([2H])([2H])[2H]. The number of benzene rings is 4. The van der Waals surface area contributed by atoms with Gasteiger partial charge in [0.1, 0.15) is 7.05 Å². The number of fused-ring (bicyclic) bond motifs is 7. The fourth-order valence-corrected chi connectivity index (χ4v) is 5.53. The summed E-state index contributed by atoms with van der Waals surface area (Å²) in [6, 6.07) is 25.1. The largest absolute Gasteiger partial charge is 0.308 e. The van der Waals surface area contributed by atoms with Gasteiger partial charge in [-0.15, -0.1) is 0 Å². The summed E-state index contributed by atoms with van der Waals surface area (Å²) in [6.45, 7) is -3.07. The van der Waals surface area contributed by atoms with Gasteiger partial charge in [0.05, 0.1) is 16.6 Å². The van der Waals surface area contributed by atoms with Crippen molar-refractivity contribution in [2.75, 3.05) is 0 Å². The van der Waals surface area contributed by atoms with Crippen molar-refractivity contribution in [1.29, 1.82) is 0 Å². The zero-order valence-corrected chi connectivity index (χ0v) is 18.4. The third-order valence-electron chi connectivity index (χ3n) is 7.07. The molecule has 2 heteroatoms. The van der Waals surface area contributed by atoms with Gasteiger partial charge in [-0.25, -0.2) is 4.57 Å². The first-order valence-electron chi connectivity index (χ1n) is 14.1. The Balaban J connectivity index is 1.54. The molecule has 0 aliphatic carbocycles. The van der Waals surface area contributed by atoms with Gasteiger partial charge in [0, 0.05) is 47.0 Å². The van der Waals surface area contributed by atoms with Gasteiger partial charge in [0.15, 0.2) is 6.20 Å². The molecule has 0 radical (unpaired) electrons. The van der Waals surface area contributed by atoms with Crippen molar-refractivity contribution in [1.82, 2.24) is 4.40 Å². The van der Waals surface area contributed by atoms with E-state index in [9.17, 15) is 0 Å². The van der Waals surface area contributed by atoms with Crippen LogP contribution in [-0.4, -0.2) is 4.40 Å². The van der Waals surface area contributed by atoms with Crippen LogP contribution in [0.15, 0.2) is 79.0 Å². The van der Waals surface area contributed by atoms with Gasteiger partial charge in [0.25, 0.3) is 0 Å². The van der Waals surface area contributed by atoms with Crippen molar-refractivity contribution in [3.05, 3.63) is 95.7 Å². The van der Waals surface area contributed by atoms with E-state index in [1.54, 1.807) is 11.6 Å². The molecule has 0 spiro atoms. The predicted molar refractivity (Wildman–Crippen MR) is 139 cm³/mol. The first-order chi connectivity index (χ1) is 18.4. The highest BCUT2D eigenvalue weighted by Crippen LogP contribution is 2.40. The smallest absolute Gasteiger partial charge is 0.212 e. The lowest BCUT2D eigenvalue weighted by atomic mass is 9.96. The molecule has 0 bridgehead atoms. The lowest BCUT2D eigenvalue weighted by Crippen LogP contribution is -2.31. The number of aryl methyl sites for hydroxylation is 4. The minimum absolute atomic E-state index is 0.138. The van der Waals surface area contributed by atoms with E-state index in [2.05, 4.69) is 71.1 Å². The highest BCUT2D eigenvalue weighted by Gasteiger charge is 2.19. The third-order valence-corrected chi connectivity index (χ3v) is 7.07. The van der Waals surface area contributed by atoms with Crippen molar-refractivity contribution in [2.45, 2.75) is 20.6 Å². The van der Waals surface area contributed by atoms with E-state index in [4.69, 9.17) is 8.22 Å². The van der Waals surface area contributed by atoms with Crippen LogP contribution >= 0.6 is 0 Å². The van der Waals surface area contributed by atoms with Crippen molar-refractivity contribution < 1.29 is 12.8 Å². The molecule has 7 aromatic rings. The van der Waals surface area contributed by atoms with Crippen molar-refractivity contribution in [3.8, 4) is 11.3 Å². The maximum absolute atomic E-state index is 8.03. The van der Waals surface area contributed by atoms with E-state index in [1.807, 2.05) is 6.92 Å². The zero-order chi connectivity index (χ0) is 27.4. The summed E-state index contributed by atoms with van der Waals surface area (Å²) in [4.78, 5) is 0. The molecule has 0 amide bonds. The first kappa shape index (κ1) is 13.6. The van der Waals surface area contributed by atoms with Crippen LogP contribution in [0, 0.1) is 20.6 Å². The summed E-state index contributed by atoms with van der Waals surface area (Å²) in [7, 11) is 1.76. The second kappa shape index (κ2) is 6.32. The van der Waals surface area contributed by atoms with Crippen LogP contribution < -0.4 is 4.57 Å². The molecular weight excluding hydrogens is 400 g/mol. The molecule has 7 rings (SSSR count). The molecule has 0 aliphatic heterocycles. The molecule has 158 valence electrons. The van der Waals surface area contributed by atoms with Gasteiger partial charge in [-0.3, -0.25) is 0 Å². The number of hydrogen-bond acceptors (Lipinski definition) is 0. The van der Waals surface area contributed by atoms with Crippen LogP contribution in [0.1, 0.15) is 24.9 Å². The average molecular weight is 432 g/mol. The number of pyridine rings is 1. The van der Waals surface area contributed by atoms with Gasteiger partial charge in [-0.2, -0.15) is 0 Å². The zero-order valence-electron chi connectivity index (χ0n) is 24.4. The van der Waals surface area contributed by atoms with E-state index in [0.717, 1.165) is 27.4 Å². The summed E-state index contributed by atoms with van der Waals surface area (Å²) in [5, 5.41) is 7.00. The molecule has 3 aromatic heterocycles. The Morgan fingerprint density at radius 3 is 2.30 bits per heavy atom. The minimum Gasteiger partial charge on any atom is -0.308 e. The number of aromatic nitrogens is 2. The van der Waals surface area contributed by atoms with Crippen LogP contribution in [0.25, 0.3) is 60.1 Å². The van der Waals surface area contributed by atoms with Gasteiger partial charge >= 0.3 is 0 Å². The van der Waals surface area contributed by atoms with Crippen molar-refractivity contribution in [3.63, 3.8) is 0 Å². The number of rotatable bonds is 1. The third kappa shape index (κ3) is 2.41. The van der Waals surface area contributed by atoms with E-state index in [1.165, 1.54) is 44.8 Å². The molecule has 0 N–H and O–H groups in total. The second-order valence-corrected chi connectivity index (χ2v) is 9.03. The molecule has 0 unspecified atom stereocenters. The minimum atomic E-state index is -2.55.